The van der Waals surface area contributed by atoms with Gasteiger partial charge >= 0.3 is 0 Å². The summed E-state index contributed by atoms with van der Waals surface area (Å²) in [6.45, 7) is 2.05. The van der Waals surface area contributed by atoms with E-state index in [0.717, 1.165) is 27.8 Å². The van der Waals surface area contributed by atoms with E-state index in [9.17, 15) is 4.79 Å². The molecular weight excluding hydrogens is 296 g/mol. The number of halogens is 1. The smallest absolute Gasteiger partial charge is 0.228 e. The van der Waals surface area contributed by atoms with Crippen LogP contribution >= 0.6 is 11.6 Å². The van der Waals surface area contributed by atoms with Crippen molar-refractivity contribution in [1.29, 1.82) is 0 Å². The maximum Gasteiger partial charge on any atom is 0.228 e. The fourth-order valence-corrected chi connectivity index (χ4v) is 2.85. The first-order valence-corrected chi connectivity index (χ1v) is 7.52. The second-order valence-corrected chi connectivity index (χ2v) is 5.81. The van der Waals surface area contributed by atoms with Gasteiger partial charge in [0.2, 0.25) is 5.91 Å². The maximum absolute atomic E-state index is 12.3. The summed E-state index contributed by atoms with van der Waals surface area (Å²) < 4.78 is 2.13. The van der Waals surface area contributed by atoms with Crippen LogP contribution in [0.1, 0.15) is 11.3 Å². The Labute approximate surface area is 134 Å². The standard InChI is InChI=1S/C18H17ClN2O/c1-12-16(15-5-3-4-6-17(15)21(12)2)11-18(22)20-14-9-7-13(19)8-10-14/h3-10H,11H2,1-2H3,(H,20,22). The third kappa shape index (κ3) is 2.72. The number of nitrogens with zero attached hydrogens (tertiary/aromatic N) is 1. The van der Waals surface area contributed by atoms with Gasteiger partial charge in [0.1, 0.15) is 0 Å². The lowest BCUT2D eigenvalue weighted by Gasteiger charge is -2.06. The molecule has 0 saturated carbocycles. The van der Waals surface area contributed by atoms with Gasteiger partial charge in [-0.05, 0) is 42.8 Å². The lowest BCUT2D eigenvalue weighted by Crippen LogP contribution is -2.14. The Morgan fingerprint density at radius 3 is 2.55 bits per heavy atom. The molecule has 0 radical (unpaired) electrons. The Balaban J connectivity index is 1.85. The molecule has 22 heavy (non-hydrogen) atoms. The van der Waals surface area contributed by atoms with Crippen molar-refractivity contribution in [3.8, 4) is 0 Å². The summed E-state index contributed by atoms with van der Waals surface area (Å²) in [4.78, 5) is 12.3. The van der Waals surface area contributed by atoms with E-state index in [-0.39, 0.29) is 5.91 Å². The van der Waals surface area contributed by atoms with Crippen LogP contribution in [0.25, 0.3) is 10.9 Å². The van der Waals surface area contributed by atoms with E-state index in [1.807, 2.05) is 26.1 Å². The summed E-state index contributed by atoms with van der Waals surface area (Å²) in [5.74, 6) is -0.0261. The zero-order valence-electron chi connectivity index (χ0n) is 12.6. The number of aromatic nitrogens is 1. The molecule has 1 aromatic heterocycles. The zero-order valence-corrected chi connectivity index (χ0v) is 13.3. The number of hydrogen-bond acceptors (Lipinski definition) is 1. The zero-order chi connectivity index (χ0) is 15.7. The third-order valence-corrected chi connectivity index (χ3v) is 4.25. The van der Waals surface area contributed by atoms with Crippen LogP contribution in [0.2, 0.25) is 5.02 Å². The van der Waals surface area contributed by atoms with Crippen molar-refractivity contribution < 1.29 is 4.79 Å². The Hall–Kier alpha value is -2.26. The van der Waals surface area contributed by atoms with Crippen molar-refractivity contribution in [2.75, 3.05) is 5.32 Å². The number of nitrogens with one attached hydrogen (secondary N) is 1. The Bertz CT molecular complexity index is 834. The predicted octanol–water partition coefficient (Wildman–Crippen LogP) is 4.32. The average Bonchev–Trinajstić information content (AvgIpc) is 2.75. The van der Waals surface area contributed by atoms with E-state index in [1.165, 1.54) is 0 Å². The van der Waals surface area contributed by atoms with Crippen LogP contribution in [0.4, 0.5) is 5.69 Å². The van der Waals surface area contributed by atoms with Gasteiger partial charge in [-0.25, -0.2) is 0 Å². The lowest BCUT2D eigenvalue weighted by atomic mass is 10.1. The summed E-state index contributed by atoms with van der Waals surface area (Å²) >= 11 is 5.85. The van der Waals surface area contributed by atoms with Crippen molar-refractivity contribution in [2.45, 2.75) is 13.3 Å². The molecule has 0 aliphatic heterocycles. The molecule has 3 rings (SSSR count). The molecule has 3 aromatic rings. The normalized spacial score (nSPS) is 10.9. The number of aryl methyl sites for hydroxylation is 1. The van der Waals surface area contributed by atoms with Crippen molar-refractivity contribution in [1.82, 2.24) is 4.57 Å². The van der Waals surface area contributed by atoms with Crippen LogP contribution in [-0.4, -0.2) is 10.5 Å². The summed E-state index contributed by atoms with van der Waals surface area (Å²) in [6, 6.07) is 15.3. The number of para-hydroxylation sites is 1. The SMILES string of the molecule is Cc1c(CC(=O)Nc2ccc(Cl)cc2)c2ccccc2n1C. The highest BCUT2D eigenvalue weighted by Gasteiger charge is 2.14. The van der Waals surface area contributed by atoms with Crippen LogP contribution in [0.5, 0.6) is 0 Å². The minimum absolute atomic E-state index is 0.0261. The van der Waals surface area contributed by atoms with Crippen molar-refractivity contribution >= 4 is 34.1 Å². The summed E-state index contributed by atoms with van der Waals surface area (Å²) in [5, 5.41) is 4.70. The highest BCUT2D eigenvalue weighted by molar-refractivity contribution is 6.30. The molecule has 0 fully saturated rings. The first kappa shape index (κ1) is 14.7. The second kappa shape index (κ2) is 5.85. The Morgan fingerprint density at radius 1 is 1.14 bits per heavy atom. The van der Waals surface area contributed by atoms with Crippen LogP contribution in [-0.2, 0) is 18.3 Å². The van der Waals surface area contributed by atoms with E-state index in [0.29, 0.717) is 11.4 Å². The molecule has 0 aliphatic carbocycles. The third-order valence-electron chi connectivity index (χ3n) is 4.00. The van der Waals surface area contributed by atoms with Crippen molar-refractivity contribution in [3.63, 3.8) is 0 Å². The molecule has 3 nitrogen and oxygen atoms in total. The monoisotopic (exact) mass is 312 g/mol. The van der Waals surface area contributed by atoms with Gasteiger partial charge in [0.15, 0.2) is 0 Å². The number of hydrogen-bond donors (Lipinski definition) is 1. The van der Waals surface area contributed by atoms with Crippen LogP contribution in [0, 0.1) is 6.92 Å². The molecule has 4 heteroatoms. The molecule has 0 spiro atoms. The van der Waals surface area contributed by atoms with E-state index in [1.54, 1.807) is 24.3 Å². The largest absolute Gasteiger partial charge is 0.348 e. The number of fused-ring (bicyclic) bond motifs is 1. The summed E-state index contributed by atoms with van der Waals surface area (Å²) in [5.41, 5.74) is 4.10. The van der Waals surface area contributed by atoms with Gasteiger partial charge in [-0.2, -0.15) is 0 Å². The second-order valence-electron chi connectivity index (χ2n) is 5.37. The van der Waals surface area contributed by atoms with Crippen molar-refractivity contribution in [3.05, 3.63) is 64.8 Å². The van der Waals surface area contributed by atoms with E-state index < -0.39 is 0 Å². The number of benzene rings is 2. The molecule has 0 aliphatic rings. The molecule has 1 N–H and O–H groups in total. The molecule has 112 valence electrons. The lowest BCUT2D eigenvalue weighted by molar-refractivity contribution is -0.115. The molecular formula is C18H17ClN2O. The fourth-order valence-electron chi connectivity index (χ4n) is 2.72. The van der Waals surface area contributed by atoms with Crippen molar-refractivity contribution in [2.24, 2.45) is 7.05 Å². The van der Waals surface area contributed by atoms with Gasteiger partial charge in [-0.1, -0.05) is 29.8 Å². The van der Waals surface area contributed by atoms with Gasteiger partial charge in [0.05, 0.1) is 6.42 Å². The molecule has 0 unspecified atom stereocenters. The van der Waals surface area contributed by atoms with Gasteiger partial charge < -0.3 is 9.88 Å². The predicted molar refractivity (Wildman–Crippen MR) is 91.4 cm³/mol. The number of amides is 1. The van der Waals surface area contributed by atoms with Crippen LogP contribution in [0.3, 0.4) is 0 Å². The summed E-state index contributed by atoms with van der Waals surface area (Å²) in [7, 11) is 2.03. The Kier molecular flexibility index (Phi) is 3.90. The number of carbonyl (C=O) groups excluding carboxylic acids is 1. The van der Waals surface area contributed by atoms with Crippen LogP contribution in [0.15, 0.2) is 48.5 Å². The molecule has 0 atom stereocenters. The Morgan fingerprint density at radius 2 is 1.82 bits per heavy atom. The molecule has 2 aromatic carbocycles. The van der Waals surface area contributed by atoms with Gasteiger partial charge in [0, 0.05) is 34.4 Å². The quantitative estimate of drug-likeness (QED) is 0.767. The molecule has 1 amide bonds. The number of rotatable bonds is 3. The highest BCUT2D eigenvalue weighted by atomic mass is 35.5. The molecule has 1 heterocycles. The number of anilines is 1. The average molecular weight is 313 g/mol. The molecule has 0 saturated heterocycles. The van der Waals surface area contributed by atoms with Gasteiger partial charge in [-0.3, -0.25) is 4.79 Å². The summed E-state index contributed by atoms with van der Waals surface area (Å²) in [6.07, 6.45) is 0.357. The van der Waals surface area contributed by atoms with E-state index in [2.05, 4.69) is 22.0 Å². The number of carbonyl (C=O) groups is 1. The maximum atomic E-state index is 12.3. The first-order chi connectivity index (χ1) is 10.6. The highest BCUT2D eigenvalue weighted by Crippen LogP contribution is 2.25. The van der Waals surface area contributed by atoms with E-state index in [4.69, 9.17) is 11.6 Å². The minimum Gasteiger partial charge on any atom is -0.348 e. The molecule has 0 bridgehead atoms. The van der Waals surface area contributed by atoms with Gasteiger partial charge in [0.25, 0.3) is 0 Å². The topological polar surface area (TPSA) is 34.0 Å². The minimum atomic E-state index is -0.0261. The van der Waals surface area contributed by atoms with Gasteiger partial charge in [-0.15, -0.1) is 0 Å². The van der Waals surface area contributed by atoms with E-state index >= 15 is 0 Å². The van der Waals surface area contributed by atoms with Crippen LogP contribution < -0.4 is 5.32 Å². The fraction of sp³-hybridized carbons (Fsp3) is 0.167. The first-order valence-electron chi connectivity index (χ1n) is 7.14.